The van der Waals surface area contributed by atoms with Crippen LogP contribution in [0.1, 0.15) is 38.8 Å². The van der Waals surface area contributed by atoms with Crippen molar-refractivity contribution in [3.8, 4) is 0 Å². The minimum atomic E-state index is -0.532. The van der Waals surface area contributed by atoms with E-state index in [2.05, 4.69) is 0 Å². The third-order valence-electron chi connectivity index (χ3n) is 3.14. The highest BCUT2D eigenvalue weighted by Gasteiger charge is 2.38. The molecule has 1 aromatic rings. The van der Waals surface area contributed by atoms with Crippen molar-refractivity contribution in [3.05, 3.63) is 35.9 Å². The molecule has 0 aliphatic carbocycles. The van der Waals surface area contributed by atoms with Crippen LogP contribution in [0.3, 0.4) is 0 Å². The van der Waals surface area contributed by atoms with E-state index in [4.69, 9.17) is 4.74 Å². The molecule has 2 atom stereocenters. The predicted octanol–water partition coefficient (Wildman–Crippen LogP) is 2.73. The number of hydrogen-bond acceptors (Lipinski definition) is 3. The molecular formula is C15H21NO3. The van der Waals surface area contributed by atoms with E-state index < -0.39 is 11.7 Å². The van der Waals surface area contributed by atoms with E-state index in [-0.39, 0.29) is 12.1 Å². The fourth-order valence-electron chi connectivity index (χ4n) is 2.35. The average molecular weight is 263 g/mol. The number of amides is 1. The molecule has 19 heavy (non-hydrogen) atoms. The van der Waals surface area contributed by atoms with Gasteiger partial charge in [-0.1, -0.05) is 30.3 Å². The molecule has 0 aromatic heterocycles. The lowest BCUT2D eigenvalue weighted by atomic mass is 10.0. The molecule has 1 N–H and O–H groups in total. The molecule has 1 aliphatic heterocycles. The van der Waals surface area contributed by atoms with Gasteiger partial charge in [0.2, 0.25) is 0 Å². The Hall–Kier alpha value is -1.55. The summed E-state index contributed by atoms with van der Waals surface area (Å²) in [5.41, 5.74) is 0.421. The van der Waals surface area contributed by atoms with Crippen LogP contribution < -0.4 is 0 Å². The number of nitrogens with zero attached hydrogens (tertiary/aromatic N) is 1. The second-order valence-electron chi connectivity index (χ2n) is 5.89. The maximum Gasteiger partial charge on any atom is 0.410 e. The summed E-state index contributed by atoms with van der Waals surface area (Å²) in [7, 11) is 0. The Morgan fingerprint density at radius 3 is 2.53 bits per heavy atom. The van der Waals surface area contributed by atoms with Gasteiger partial charge >= 0.3 is 6.09 Å². The standard InChI is InChI=1S/C15H21NO3/c1-15(2,3)19-14(18)16-10-9-12(17)13(16)11-7-5-4-6-8-11/h4-8,12-13,17H,9-10H2,1-3H3. The molecule has 0 saturated carbocycles. The third kappa shape index (κ3) is 3.26. The van der Waals surface area contributed by atoms with Crippen molar-refractivity contribution in [2.45, 2.75) is 44.9 Å². The molecule has 1 saturated heterocycles. The van der Waals surface area contributed by atoms with Gasteiger partial charge in [-0.25, -0.2) is 4.79 Å². The van der Waals surface area contributed by atoms with Crippen LogP contribution in [-0.4, -0.2) is 34.3 Å². The van der Waals surface area contributed by atoms with Gasteiger partial charge in [-0.2, -0.15) is 0 Å². The lowest BCUT2D eigenvalue weighted by Crippen LogP contribution is -2.37. The van der Waals surface area contributed by atoms with Crippen molar-refractivity contribution in [3.63, 3.8) is 0 Å². The summed E-state index contributed by atoms with van der Waals surface area (Å²) in [4.78, 5) is 13.8. The Morgan fingerprint density at radius 2 is 1.95 bits per heavy atom. The molecule has 1 fully saturated rings. The zero-order valence-corrected chi connectivity index (χ0v) is 11.7. The van der Waals surface area contributed by atoms with Gasteiger partial charge in [0.15, 0.2) is 0 Å². The zero-order chi connectivity index (χ0) is 14.0. The number of carbonyl (C=O) groups excluding carboxylic acids is 1. The minimum Gasteiger partial charge on any atom is -0.444 e. The van der Waals surface area contributed by atoms with Crippen molar-refractivity contribution in [2.75, 3.05) is 6.54 Å². The van der Waals surface area contributed by atoms with E-state index >= 15 is 0 Å². The van der Waals surface area contributed by atoms with Crippen LogP contribution in [0.4, 0.5) is 4.79 Å². The van der Waals surface area contributed by atoms with Crippen molar-refractivity contribution in [1.82, 2.24) is 4.90 Å². The van der Waals surface area contributed by atoms with Crippen molar-refractivity contribution in [2.24, 2.45) is 0 Å². The van der Waals surface area contributed by atoms with Crippen molar-refractivity contribution in [1.29, 1.82) is 0 Å². The van der Waals surface area contributed by atoms with Gasteiger partial charge in [-0.05, 0) is 32.8 Å². The topological polar surface area (TPSA) is 49.8 Å². The average Bonchev–Trinajstić information content (AvgIpc) is 2.70. The van der Waals surface area contributed by atoms with Gasteiger partial charge in [-0.3, -0.25) is 4.90 Å². The second-order valence-corrected chi connectivity index (χ2v) is 5.89. The van der Waals surface area contributed by atoms with Crippen LogP contribution in [0.15, 0.2) is 30.3 Å². The van der Waals surface area contributed by atoms with Crippen LogP contribution in [0.2, 0.25) is 0 Å². The molecule has 1 aromatic carbocycles. The highest BCUT2D eigenvalue weighted by molar-refractivity contribution is 5.69. The minimum absolute atomic E-state index is 0.309. The summed E-state index contributed by atoms with van der Waals surface area (Å²) in [6, 6.07) is 9.29. The SMILES string of the molecule is CC(C)(C)OC(=O)N1CCC(O)C1c1ccccc1. The molecule has 4 nitrogen and oxygen atoms in total. The van der Waals surface area contributed by atoms with E-state index in [0.717, 1.165) is 5.56 Å². The Balaban J connectivity index is 2.18. The smallest absolute Gasteiger partial charge is 0.410 e. The second kappa shape index (κ2) is 5.21. The summed E-state index contributed by atoms with van der Waals surface area (Å²) in [6.07, 6.45) is -0.313. The first-order valence-electron chi connectivity index (χ1n) is 6.61. The molecule has 0 bridgehead atoms. The fraction of sp³-hybridized carbons (Fsp3) is 0.533. The Labute approximate surface area is 114 Å². The Morgan fingerprint density at radius 1 is 1.32 bits per heavy atom. The first-order valence-corrected chi connectivity index (χ1v) is 6.61. The molecule has 1 heterocycles. The van der Waals surface area contributed by atoms with E-state index in [9.17, 15) is 9.90 Å². The third-order valence-corrected chi connectivity index (χ3v) is 3.14. The monoisotopic (exact) mass is 263 g/mol. The van der Waals surface area contributed by atoms with E-state index in [0.29, 0.717) is 13.0 Å². The van der Waals surface area contributed by atoms with Gasteiger partial charge in [0.1, 0.15) is 5.60 Å². The van der Waals surface area contributed by atoms with Crippen LogP contribution in [-0.2, 0) is 4.74 Å². The van der Waals surface area contributed by atoms with Gasteiger partial charge in [-0.15, -0.1) is 0 Å². The highest BCUT2D eigenvalue weighted by atomic mass is 16.6. The number of hydrogen-bond donors (Lipinski definition) is 1. The molecule has 2 rings (SSSR count). The van der Waals surface area contributed by atoms with E-state index in [1.165, 1.54) is 0 Å². The van der Waals surface area contributed by atoms with Gasteiger partial charge in [0.05, 0.1) is 12.1 Å². The summed E-state index contributed by atoms with van der Waals surface area (Å²) in [5.74, 6) is 0. The van der Waals surface area contributed by atoms with E-state index in [1.54, 1.807) is 4.90 Å². The molecule has 2 unspecified atom stereocenters. The normalized spacial score (nSPS) is 23.5. The predicted molar refractivity (Wildman–Crippen MR) is 72.7 cm³/mol. The Kier molecular flexibility index (Phi) is 3.80. The van der Waals surface area contributed by atoms with Crippen LogP contribution in [0.25, 0.3) is 0 Å². The number of benzene rings is 1. The number of rotatable bonds is 1. The Bertz CT molecular complexity index is 438. The zero-order valence-electron chi connectivity index (χ0n) is 11.7. The summed E-state index contributed by atoms with van der Waals surface area (Å²) in [6.45, 7) is 6.05. The molecule has 0 radical (unpaired) electrons. The molecule has 0 spiro atoms. The number of aliphatic hydroxyl groups excluding tert-OH is 1. The van der Waals surface area contributed by atoms with E-state index in [1.807, 2.05) is 51.1 Å². The maximum atomic E-state index is 12.2. The summed E-state index contributed by atoms with van der Waals surface area (Å²) in [5, 5.41) is 10.1. The number of likely N-dealkylation sites (tertiary alicyclic amines) is 1. The van der Waals surface area contributed by atoms with Crippen LogP contribution >= 0.6 is 0 Å². The first-order chi connectivity index (χ1) is 8.88. The summed E-state index contributed by atoms with van der Waals surface area (Å²) >= 11 is 0. The van der Waals surface area contributed by atoms with Crippen LogP contribution in [0.5, 0.6) is 0 Å². The molecule has 4 heteroatoms. The number of aliphatic hydroxyl groups is 1. The number of ether oxygens (including phenoxy) is 1. The lowest BCUT2D eigenvalue weighted by Gasteiger charge is -2.29. The van der Waals surface area contributed by atoms with Gasteiger partial charge < -0.3 is 9.84 Å². The molecular weight excluding hydrogens is 242 g/mol. The van der Waals surface area contributed by atoms with Crippen LogP contribution in [0, 0.1) is 0 Å². The van der Waals surface area contributed by atoms with Gasteiger partial charge in [0.25, 0.3) is 0 Å². The first kappa shape index (κ1) is 13.9. The van der Waals surface area contributed by atoms with Crippen molar-refractivity contribution >= 4 is 6.09 Å². The highest BCUT2D eigenvalue weighted by Crippen LogP contribution is 2.33. The summed E-state index contributed by atoms with van der Waals surface area (Å²) < 4.78 is 5.40. The quantitative estimate of drug-likeness (QED) is 0.847. The molecule has 1 aliphatic rings. The maximum absolute atomic E-state index is 12.2. The molecule has 1 amide bonds. The lowest BCUT2D eigenvalue weighted by molar-refractivity contribution is 0.0152. The fourth-order valence-corrected chi connectivity index (χ4v) is 2.35. The largest absolute Gasteiger partial charge is 0.444 e. The van der Waals surface area contributed by atoms with Crippen molar-refractivity contribution < 1.29 is 14.6 Å². The van der Waals surface area contributed by atoms with Gasteiger partial charge in [0, 0.05) is 6.54 Å². The number of carbonyl (C=O) groups is 1. The molecule has 104 valence electrons.